The van der Waals surface area contributed by atoms with E-state index in [9.17, 15) is 23.2 Å². The van der Waals surface area contributed by atoms with Crippen LogP contribution in [0.1, 0.15) is 24.5 Å². The van der Waals surface area contributed by atoms with E-state index in [1.54, 1.807) is 4.90 Å². The molecule has 1 saturated heterocycles. The van der Waals surface area contributed by atoms with Gasteiger partial charge in [-0.3, -0.25) is 4.79 Å². The molecule has 3 rings (SSSR count). The molecule has 1 heterocycles. The lowest BCUT2D eigenvalue weighted by Gasteiger charge is -2.16. The van der Waals surface area contributed by atoms with E-state index in [0.29, 0.717) is 29.7 Å². The molecule has 1 amide bonds. The highest BCUT2D eigenvalue weighted by Crippen LogP contribution is 2.33. The number of hydrogen-bond acceptors (Lipinski definition) is 2. The van der Waals surface area contributed by atoms with E-state index in [2.05, 4.69) is 6.07 Å². The molecule has 0 aromatic heterocycles. The third-order valence-electron chi connectivity index (χ3n) is 4.30. The fourth-order valence-electron chi connectivity index (χ4n) is 3.04. The number of likely N-dealkylation sites (tertiary alicyclic amines) is 1. The highest BCUT2D eigenvalue weighted by molar-refractivity contribution is 6.03. The van der Waals surface area contributed by atoms with E-state index in [4.69, 9.17) is 0 Å². The molecule has 2 aliphatic rings. The molecule has 3 nitrogen and oxygen atoms in total. The standard InChI is InChI=1S/C19H15F3N2O/c1-12-2-5-14(9-23)17-15(8-12)11-24(18(17)25)10-13-3-6-16(7-4-13)19(20,21)22/h2-4,6-8H,5,10-11H2,1H3. The fourth-order valence-corrected chi connectivity index (χ4v) is 3.04. The second-order valence-corrected chi connectivity index (χ2v) is 6.14. The smallest absolute Gasteiger partial charge is 0.330 e. The molecule has 1 aromatic carbocycles. The minimum atomic E-state index is -4.38. The van der Waals surface area contributed by atoms with Crippen LogP contribution in [0, 0.1) is 11.3 Å². The van der Waals surface area contributed by atoms with Crippen LogP contribution in [0.15, 0.2) is 58.7 Å². The Bertz CT molecular complexity index is 852. The highest BCUT2D eigenvalue weighted by atomic mass is 19.4. The quantitative estimate of drug-likeness (QED) is 0.809. The number of nitriles is 1. The first-order chi connectivity index (χ1) is 11.8. The van der Waals surface area contributed by atoms with Crippen molar-refractivity contribution in [3.05, 3.63) is 69.8 Å². The molecule has 0 unspecified atom stereocenters. The minimum absolute atomic E-state index is 0.208. The number of benzene rings is 1. The van der Waals surface area contributed by atoms with Crippen molar-refractivity contribution in [2.24, 2.45) is 0 Å². The highest BCUT2D eigenvalue weighted by Gasteiger charge is 2.34. The zero-order chi connectivity index (χ0) is 18.2. The molecular weight excluding hydrogens is 329 g/mol. The number of nitrogens with zero attached hydrogens (tertiary/aromatic N) is 2. The van der Waals surface area contributed by atoms with Gasteiger partial charge in [-0.2, -0.15) is 18.4 Å². The van der Waals surface area contributed by atoms with Crippen molar-refractivity contribution in [3.63, 3.8) is 0 Å². The number of hydrogen-bond donors (Lipinski definition) is 0. The van der Waals surface area contributed by atoms with Gasteiger partial charge in [0.25, 0.3) is 5.91 Å². The summed E-state index contributed by atoms with van der Waals surface area (Å²) in [5.41, 5.74) is 2.55. The summed E-state index contributed by atoms with van der Waals surface area (Å²) in [7, 11) is 0. The Morgan fingerprint density at radius 3 is 2.52 bits per heavy atom. The predicted octanol–water partition coefficient (Wildman–Crippen LogP) is 4.14. The molecule has 0 spiro atoms. The molecule has 25 heavy (non-hydrogen) atoms. The number of carbonyl (C=O) groups excluding carboxylic acids is 1. The zero-order valence-electron chi connectivity index (χ0n) is 13.5. The molecule has 1 fully saturated rings. The summed E-state index contributed by atoms with van der Waals surface area (Å²) >= 11 is 0. The van der Waals surface area contributed by atoms with Crippen LogP contribution in [0.25, 0.3) is 0 Å². The van der Waals surface area contributed by atoms with Crippen LogP contribution in [-0.2, 0) is 17.5 Å². The van der Waals surface area contributed by atoms with E-state index >= 15 is 0 Å². The van der Waals surface area contributed by atoms with Crippen LogP contribution >= 0.6 is 0 Å². The fraction of sp³-hybridized carbons (Fsp3) is 0.263. The summed E-state index contributed by atoms with van der Waals surface area (Å²) in [4.78, 5) is 14.2. The average Bonchev–Trinajstić information content (AvgIpc) is 2.75. The average molecular weight is 344 g/mol. The number of rotatable bonds is 2. The van der Waals surface area contributed by atoms with Gasteiger partial charge in [0.1, 0.15) is 0 Å². The first kappa shape index (κ1) is 17.0. The Labute approximate surface area is 143 Å². The Balaban J connectivity index is 1.85. The van der Waals surface area contributed by atoms with E-state index in [0.717, 1.165) is 23.3 Å². The first-order valence-electron chi connectivity index (χ1n) is 7.76. The third kappa shape index (κ3) is 3.36. The van der Waals surface area contributed by atoms with Crippen molar-refractivity contribution >= 4 is 5.91 Å². The summed E-state index contributed by atoms with van der Waals surface area (Å²) in [6, 6.07) is 6.88. The first-order valence-corrected chi connectivity index (χ1v) is 7.76. The molecule has 1 aliphatic heterocycles. The molecular formula is C19H15F3N2O. The zero-order valence-corrected chi connectivity index (χ0v) is 13.5. The summed E-state index contributed by atoms with van der Waals surface area (Å²) in [5, 5.41) is 9.31. The lowest BCUT2D eigenvalue weighted by Crippen LogP contribution is -2.25. The number of alkyl halides is 3. The molecule has 0 N–H and O–H groups in total. The van der Waals surface area contributed by atoms with Gasteiger partial charge in [0.15, 0.2) is 0 Å². The SMILES string of the molecule is CC1=CCC(C#N)=C2C(=O)N(Cc3ccc(C(F)(F)F)cc3)CC2=C1. The summed E-state index contributed by atoms with van der Waals surface area (Å²) in [6.45, 7) is 2.47. The molecule has 0 bridgehead atoms. The Hall–Kier alpha value is -2.81. The number of fused-ring (bicyclic) bond motifs is 1. The maximum atomic E-state index is 12.7. The molecule has 128 valence electrons. The Morgan fingerprint density at radius 2 is 1.92 bits per heavy atom. The summed E-state index contributed by atoms with van der Waals surface area (Å²) in [6.07, 6.45) is -0.164. The van der Waals surface area contributed by atoms with Crippen LogP contribution in [0.4, 0.5) is 13.2 Å². The molecule has 0 saturated carbocycles. The van der Waals surface area contributed by atoms with Gasteiger partial charge >= 0.3 is 6.18 Å². The van der Waals surface area contributed by atoms with Crippen molar-refractivity contribution in [2.45, 2.75) is 26.1 Å². The van der Waals surface area contributed by atoms with Crippen molar-refractivity contribution in [3.8, 4) is 6.07 Å². The molecule has 0 radical (unpaired) electrons. The summed E-state index contributed by atoms with van der Waals surface area (Å²) < 4.78 is 37.9. The van der Waals surface area contributed by atoms with Gasteiger partial charge in [-0.1, -0.05) is 29.9 Å². The normalized spacial score (nSPS) is 17.7. The summed E-state index contributed by atoms with van der Waals surface area (Å²) in [5.74, 6) is -0.245. The number of amides is 1. The number of allylic oxidation sites excluding steroid dienone is 4. The van der Waals surface area contributed by atoms with E-state index < -0.39 is 11.7 Å². The number of carbonyl (C=O) groups is 1. The minimum Gasteiger partial charge on any atom is -0.330 e. The monoisotopic (exact) mass is 344 g/mol. The number of halogens is 3. The van der Waals surface area contributed by atoms with Crippen molar-refractivity contribution in [2.75, 3.05) is 6.54 Å². The Kier molecular flexibility index (Phi) is 4.25. The van der Waals surface area contributed by atoms with Crippen molar-refractivity contribution < 1.29 is 18.0 Å². The lowest BCUT2D eigenvalue weighted by atomic mass is 10.0. The topological polar surface area (TPSA) is 44.1 Å². The predicted molar refractivity (Wildman–Crippen MR) is 86.0 cm³/mol. The maximum Gasteiger partial charge on any atom is 0.416 e. The Morgan fingerprint density at radius 1 is 1.24 bits per heavy atom. The van der Waals surface area contributed by atoms with Gasteiger partial charge < -0.3 is 4.90 Å². The molecule has 1 aliphatic carbocycles. The second-order valence-electron chi connectivity index (χ2n) is 6.14. The van der Waals surface area contributed by atoms with Crippen LogP contribution < -0.4 is 0 Å². The second kappa shape index (κ2) is 6.25. The van der Waals surface area contributed by atoms with Gasteiger partial charge in [-0.25, -0.2) is 0 Å². The van der Waals surface area contributed by atoms with E-state index in [-0.39, 0.29) is 12.5 Å². The van der Waals surface area contributed by atoms with Gasteiger partial charge in [-0.05, 0) is 30.2 Å². The maximum absolute atomic E-state index is 12.7. The van der Waals surface area contributed by atoms with Gasteiger partial charge in [0.2, 0.25) is 0 Å². The largest absolute Gasteiger partial charge is 0.416 e. The van der Waals surface area contributed by atoms with Gasteiger partial charge in [0, 0.05) is 25.1 Å². The van der Waals surface area contributed by atoms with Gasteiger partial charge in [0.05, 0.1) is 17.2 Å². The van der Waals surface area contributed by atoms with Crippen LogP contribution in [-0.4, -0.2) is 17.4 Å². The van der Waals surface area contributed by atoms with Crippen LogP contribution in [0.3, 0.4) is 0 Å². The van der Waals surface area contributed by atoms with Crippen LogP contribution in [0.5, 0.6) is 0 Å². The molecule has 1 aromatic rings. The molecule has 0 atom stereocenters. The van der Waals surface area contributed by atoms with Crippen molar-refractivity contribution in [1.82, 2.24) is 4.90 Å². The molecule has 6 heteroatoms. The van der Waals surface area contributed by atoms with E-state index in [1.165, 1.54) is 12.1 Å². The van der Waals surface area contributed by atoms with E-state index in [1.807, 2.05) is 19.1 Å². The third-order valence-corrected chi connectivity index (χ3v) is 4.30. The van der Waals surface area contributed by atoms with Gasteiger partial charge in [-0.15, -0.1) is 0 Å². The lowest BCUT2D eigenvalue weighted by molar-refractivity contribution is -0.137. The van der Waals surface area contributed by atoms with Crippen molar-refractivity contribution in [1.29, 1.82) is 5.26 Å². The van der Waals surface area contributed by atoms with Crippen LogP contribution in [0.2, 0.25) is 0 Å².